The van der Waals surface area contributed by atoms with E-state index in [-0.39, 0.29) is 18.0 Å². The second-order valence-electron chi connectivity index (χ2n) is 9.09. The molecular weight excluding hydrogens is 453 g/mol. The Balaban J connectivity index is 1.85. The molecular formula is C23H27F3N4O4. The number of carbonyl (C=O) groups excluding carboxylic acids is 2. The van der Waals surface area contributed by atoms with Crippen LogP contribution in [0.4, 0.5) is 29.5 Å². The number of hydrogen-bond acceptors (Lipinski definition) is 6. The molecule has 1 amide bonds. The lowest BCUT2D eigenvalue weighted by Gasteiger charge is -2.36. The fourth-order valence-corrected chi connectivity index (χ4v) is 3.41. The van der Waals surface area contributed by atoms with Crippen LogP contribution in [0.1, 0.15) is 33.3 Å². The summed E-state index contributed by atoms with van der Waals surface area (Å²) in [6.07, 6.45) is -3.69. The molecule has 2 heterocycles. The molecule has 11 heteroatoms. The highest BCUT2D eigenvalue weighted by atomic mass is 19.4. The van der Waals surface area contributed by atoms with Crippen molar-refractivity contribution in [3.05, 3.63) is 54.2 Å². The molecule has 1 aliphatic rings. The summed E-state index contributed by atoms with van der Waals surface area (Å²) in [5.74, 6) is -0.375. The van der Waals surface area contributed by atoms with Gasteiger partial charge in [-0.1, -0.05) is 6.58 Å². The van der Waals surface area contributed by atoms with Gasteiger partial charge in [-0.05, 0) is 52.0 Å². The number of aromatic nitrogens is 2. The van der Waals surface area contributed by atoms with Gasteiger partial charge in [0.25, 0.3) is 0 Å². The van der Waals surface area contributed by atoms with Gasteiger partial charge in [0.2, 0.25) is 0 Å². The Morgan fingerprint density at radius 1 is 1.15 bits per heavy atom. The predicted molar refractivity (Wildman–Crippen MR) is 118 cm³/mol. The first-order valence-corrected chi connectivity index (χ1v) is 10.6. The molecule has 3 rings (SSSR count). The second-order valence-corrected chi connectivity index (χ2v) is 9.09. The number of anilines is 2. The molecule has 0 N–H and O–H groups in total. The molecule has 1 atom stereocenters. The summed E-state index contributed by atoms with van der Waals surface area (Å²) >= 11 is 0. The Bertz CT molecular complexity index is 1060. The third kappa shape index (κ3) is 6.09. The van der Waals surface area contributed by atoms with E-state index in [4.69, 9.17) is 9.57 Å². The smallest absolute Gasteiger partial charge is 0.442 e. The van der Waals surface area contributed by atoms with E-state index >= 15 is 0 Å². The van der Waals surface area contributed by atoms with Crippen LogP contribution in [0.15, 0.2) is 48.7 Å². The number of nitrogens with zero attached hydrogens (tertiary/aromatic N) is 4. The number of rotatable bonds is 4. The molecule has 8 nitrogen and oxygen atoms in total. The monoisotopic (exact) mass is 480 g/mol. The van der Waals surface area contributed by atoms with Crippen molar-refractivity contribution < 1.29 is 32.3 Å². The van der Waals surface area contributed by atoms with E-state index in [9.17, 15) is 22.8 Å². The van der Waals surface area contributed by atoms with E-state index in [1.54, 1.807) is 42.6 Å². The Kier molecular flexibility index (Phi) is 6.94. The highest BCUT2D eigenvalue weighted by Crippen LogP contribution is 2.34. The summed E-state index contributed by atoms with van der Waals surface area (Å²) in [4.78, 5) is 31.9. The lowest BCUT2D eigenvalue weighted by Crippen LogP contribution is -2.46. The van der Waals surface area contributed by atoms with Crippen LogP contribution in [-0.4, -0.2) is 45.6 Å². The molecule has 0 aliphatic carbocycles. The molecule has 0 radical (unpaired) electrons. The fourth-order valence-electron chi connectivity index (χ4n) is 3.41. The van der Waals surface area contributed by atoms with Crippen LogP contribution in [0.3, 0.4) is 0 Å². The number of hydrogen-bond donors (Lipinski definition) is 0. The van der Waals surface area contributed by atoms with Gasteiger partial charge in [0.1, 0.15) is 11.4 Å². The molecule has 1 aromatic carbocycles. The molecule has 184 valence electrons. The molecule has 0 bridgehead atoms. The van der Waals surface area contributed by atoms with Crippen molar-refractivity contribution in [1.82, 2.24) is 14.8 Å². The third-order valence-corrected chi connectivity index (χ3v) is 4.91. The van der Waals surface area contributed by atoms with Crippen molar-refractivity contribution in [1.29, 1.82) is 0 Å². The van der Waals surface area contributed by atoms with Gasteiger partial charge in [-0.2, -0.15) is 18.3 Å². The summed E-state index contributed by atoms with van der Waals surface area (Å²) in [5.41, 5.74) is -0.930. The zero-order valence-electron chi connectivity index (χ0n) is 19.4. The molecule has 34 heavy (non-hydrogen) atoms. The summed E-state index contributed by atoms with van der Waals surface area (Å²) < 4.78 is 46.0. The van der Waals surface area contributed by atoms with Gasteiger partial charge in [0, 0.05) is 36.3 Å². The van der Waals surface area contributed by atoms with Crippen molar-refractivity contribution in [2.24, 2.45) is 5.92 Å². The van der Waals surface area contributed by atoms with Crippen LogP contribution < -0.4 is 4.90 Å². The van der Waals surface area contributed by atoms with Crippen LogP contribution in [0.2, 0.25) is 0 Å². The zero-order valence-corrected chi connectivity index (χ0v) is 19.4. The van der Waals surface area contributed by atoms with Crippen molar-refractivity contribution >= 4 is 23.6 Å². The summed E-state index contributed by atoms with van der Waals surface area (Å²) in [6, 6.07) is 6.55. The third-order valence-electron chi connectivity index (χ3n) is 4.91. The van der Waals surface area contributed by atoms with Crippen LogP contribution >= 0.6 is 0 Å². The maximum absolute atomic E-state index is 13.0. The Labute approximate surface area is 195 Å². The van der Waals surface area contributed by atoms with Gasteiger partial charge in [-0.25, -0.2) is 14.3 Å². The van der Waals surface area contributed by atoms with Crippen molar-refractivity contribution in [3.8, 4) is 0 Å². The van der Waals surface area contributed by atoms with E-state index < -0.39 is 29.4 Å². The van der Waals surface area contributed by atoms with Gasteiger partial charge < -0.3 is 14.5 Å². The lowest BCUT2D eigenvalue weighted by molar-refractivity contribution is -0.182. The van der Waals surface area contributed by atoms with E-state index in [2.05, 4.69) is 11.7 Å². The molecule has 1 unspecified atom stereocenters. The van der Waals surface area contributed by atoms with Gasteiger partial charge in [-0.15, -0.1) is 5.06 Å². The standard InChI is InChI=1S/C23H27F3N4O4/c1-15(2)20(31)34-30(21(32)33-22(3,4)5)14-16-12-28(19-10-11-27-29(19)13-16)18-8-6-17(7-9-18)23(24,25)26/h6-11,16H,1,12-14H2,2-5H3. The zero-order chi connectivity index (χ0) is 25.3. The lowest BCUT2D eigenvalue weighted by atomic mass is 10.1. The minimum absolute atomic E-state index is 0.0234. The summed E-state index contributed by atoms with van der Waals surface area (Å²) in [5, 5.41) is 5.13. The molecule has 1 aromatic heterocycles. The molecule has 0 spiro atoms. The van der Waals surface area contributed by atoms with Crippen LogP contribution in [0.25, 0.3) is 0 Å². The quantitative estimate of drug-likeness (QED) is 0.456. The first-order chi connectivity index (χ1) is 15.7. The molecule has 1 aliphatic heterocycles. The molecule has 0 saturated heterocycles. The normalized spacial score (nSPS) is 16.0. The minimum atomic E-state index is -4.44. The number of alkyl halides is 3. The molecule has 2 aromatic rings. The fraction of sp³-hybridized carbons (Fsp3) is 0.435. The number of carbonyl (C=O) groups is 2. The number of benzene rings is 1. The van der Waals surface area contributed by atoms with Crippen molar-refractivity contribution in [2.75, 3.05) is 18.0 Å². The Hall–Kier alpha value is -3.50. The number of ether oxygens (including phenoxy) is 1. The number of fused-ring (bicyclic) bond motifs is 1. The van der Waals surface area contributed by atoms with Crippen LogP contribution in [0.5, 0.6) is 0 Å². The van der Waals surface area contributed by atoms with E-state index in [1.807, 2.05) is 0 Å². The van der Waals surface area contributed by atoms with E-state index in [0.717, 1.165) is 17.2 Å². The summed E-state index contributed by atoms with van der Waals surface area (Å²) in [6.45, 7) is 10.8. The SMILES string of the molecule is C=C(C)C(=O)ON(CC1CN(c2ccc(C(F)(F)F)cc2)c2ccnn2C1)C(=O)OC(C)(C)C. The first kappa shape index (κ1) is 25.1. The first-order valence-electron chi connectivity index (χ1n) is 10.6. The average molecular weight is 480 g/mol. The molecule has 0 saturated carbocycles. The van der Waals surface area contributed by atoms with E-state index in [1.165, 1.54) is 19.1 Å². The van der Waals surface area contributed by atoms with Crippen LogP contribution in [-0.2, 0) is 27.1 Å². The van der Waals surface area contributed by atoms with Crippen molar-refractivity contribution in [2.45, 2.75) is 46.0 Å². The maximum atomic E-state index is 13.0. The predicted octanol–water partition coefficient (Wildman–Crippen LogP) is 4.94. The minimum Gasteiger partial charge on any atom is -0.442 e. The molecule has 0 fully saturated rings. The largest absolute Gasteiger partial charge is 0.443 e. The number of amides is 1. The topological polar surface area (TPSA) is 76.9 Å². The Morgan fingerprint density at radius 2 is 1.79 bits per heavy atom. The average Bonchev–Trinajstić information content (AvgIpc) is 3.19. The van der Waals surface area contributed by atoms with Gasteiger partial charge >= 0.3 is 18.2 Å². The number of halogens is 3. The Morgan fingerprint density at radius 3 is 2.35 bits per heavy atom. The van der Waals surface area contributed by atoms with Crippen molar-refractivity contribution in [3.63, 3.8) is 0 Å². The highest BCUT2D eigenvalue weighted by molar-refractivity contribution is 5.87. The van der Waals surface area contributed by atoms with Crippen LogP contribution in [0, 0.1) is 5.92 Å². The second kappa shape index (κ2) is 9.40. The van der Waals surface area contributed by atoms with Gasteiger partial charge in [-0.3, -0.25) is 0 Å². The van der Waals surface area contributed by atoms with E-state index in [0.29, 0.717) is 24.6 Å². The highest BCUT2D eigenvalue weighted by Gasteiger charge is 2.34. The van der Waals surface area contributed by atoms with Gasteiger partial charge in [0.05, 0.1) is 18.3 Å². The maximum Gasteiger partial charge on any atom is 0.443 e. The number of hydroxylamine groups is 2. The van der Waals surface area contributed by atoms with Gasteiger partial charge in [0.15, 0.2) is 0 Å². The summed E-state index contributed by atoms with van der Waals surface area (Å²) in [7, 11) is 0.